The Labute approximate surface area is 136 Å². The van der Waals surface area contributed by atoms with E-state index in [0.717, 1.165) is 16.9 Å². The number of nitrogens with zero attached hydrogens (tertiary/aromatic N) is 1. The standard InChI is InChI=1S/C17H19N3OS/c1-13-4-3-5-15(10-13)12-21-16-8-6-14(7-9-16)11-19-20-17(22)18-2/h3-11H,12H2,1-2H3,(H2,18,20,22)/b19-11-. The first-order valence-electron chi connectivity index (χ1n) is 6.96. The molecule has 2 rings (SSSR count). The zero-order valence-corrected chi connectivity index (χ0v) is 13.5. The number of nitrogens with one attached hydrogen (secondary N) is 2. The van der Waals surface area contributed by atoms with Crippen LogP contribution in [0.3, 0.4) is 0 Å². The van der Waals surface area contributed by atoms with Gasteiger partial charge in [-0.25, -0.2) is 0 Å². The Morgan fingerprint density at radius 1 is 1.23 bits per heavy atom. The minimum atomic E-state index is 0.481. The number of hydrazone groups is 1. The van der Waals surface area contributed by atoms with Crippen LogP contribution in [0.25, 0.3) is 0 Å². The second kappa shape index (κ2) is 8.14. The van der Waals surface area contributed by atoms with Crippen LogP contribution in [-0.4, -0.2) is 18.4 Å². The molecule has 0 saturated heterocycles. The van der Waals surface area contributed by atoms with Gasteiger partial charge >= 0.3 is 0 Å². The first kappa shape index (κ1) is 16.0. The maximum Gasteiger partial charge on any atom is 0.186 e. The number of hydrogen-bond donors (Lipinski definition) is 2. The molecule has 0 radical (unpaired) electrons. The van der Waals surface area contributed by atoms with Crippen molar-refractivity contribution in [2.75, 3.05) is 7.05 Å². The molecule has 2 aromatic rings. The van der Waals surface area contributed by atoms with Crippen molar-refractivity contribution in [1.82, 2.24) is 10.7 Å². The van der Waals surface area contributed by atoms with Crippen LogP contribution in [0.4, 0.5) is 0 Å². The number of ether oxygens (including phenoxy) is 1. The highest BCUT2D eigenvalue weighted by Crippen LogP contribution is 2.14. The van der Waals surface area contributed by atoms with Crippen LogP contribution >= 0.6 is 12.2 Å². The van der Waals surface area contributed by atoms with E-state index in [1.54, 1.807) is 13.3 Å². The van der Waals surface area contributed by atoms with E-state index in [4.69, 9.17) is 17.0 Å². The summed E-state index contributed by atoms with van der Waals surface area (Å²) in [4.78, 5) is 0. The summed E-state index contributed by atoms with van der Waals surface area (Å²) in [5.41, 5.74) is 6.07. The lowest BCUT2D eigenvalue weighted by molar-refractivity contribution is 0.306. The molecule has 0 spiro atoms. The first-order valence-corrected chi connectivity index (χ1v) is 7.37. The minimum Gasteiger partial charge on any atom is -0.489 e. The lowest BCUT2D eigenvalue weighted by atomic mass is 10.1. The summed E-state index contributed by atoms with van der Waals surface area (Å²) in [5, 5.41) is 7.29. The van der Waals surface area contributed by atoms with Crippen molar-refractivity contribution in [3.63, 3.8) is 0 Å². The fraction of sp³-hybridized carbons (Fsp3) is 0.176. The number of aryl methyl sites for hydroxylation is 1. The molecule has 0 atom stereocenters. The molecule has 0 fully saturated rings. The molecule has 2 N–H and O–H groups in total. The van der Waals surface area contributed by atoms with E-state index < -0.39 is 0 Å². The fourth-order valence-electron chi connectivity index (χ4n) is 1.84. The van der Waals surface area contributed by atoms with Crippen LogP contribution in [0.1, 0.15) is 16.7 Å². The van der Waals surface area contributed by atoms with Crippen molar-refractivity contribution in [3.05, 3.63) is 65.2 Å². The van der Waals surface area contributed by atoms with E-state index >= 15 is 0 Å². The topological polar surface area (TPSA) is 45.7 Å². The van der Waals surface area contributed by atoms with Gasteiger partial charge in [-0.2, -0.15) is 5.10 Å². The van der Waals surface area contributed by atoms with Gasteiger partial charge in [-0.15, -0.1) is 0 Å². The Bertz CT molecular complexity index is 653. The molecule has 0 saturated carbocycles. The lowest BCUT2D eigenvalue weighted by Crippen LogP contribution is -2.28. The smallest absolute Gasteiger partial charge is 0.186 e. The van der Waals surface area contributed by atoms with Crippen LogP contribution < -0.4 is 15.5 Å². The third-order valence-corrected chi connectivity index (χ3v) is 3.27. The third-order valence-electron chi connectivity index (χ3n) is 2.97. The average Bonchev–Trinajstić information content (AvgIpc) is 2.54. The van der Waals surface area contributed by atoms with E-state index in [1.807, 2.05) is 30.3 Å². The Morgan fingerprint density at radius 2 is 2.00 bits per heavy atom. The summed E-state index contributed by atoms with van der Waals surface area (Å²) >= 11 is 4.93. The van der Waals surface area contributed by atoms with E-state index in [0.29, 0.717) is 11.7 Å². The molecule has 0 amide bonds. The van der Waals surface area contributed by atoms with Crippen molar-refractivity contribution >= 4 is 23.5 Å². The van der Waals surface area contributed by atoms with Gasteiger partial charge in [0.05, 0.1) is 6.21 Å². The Hall–Kier alpha value is -2.40. The molecule has 5 heteroatoms. The molecule has 0 unspecified atom stereocenters. The lowest BCUT2D eigenvalue weighted by Gasteiger charge is -2.07. The monoisotopic (exact) mass is 313 g/mol. The SMILES string of the molecule is CNC(=S)N/N=C\c1ccc(OCc2cccc(C)c2)cc1. The highest BCUT2D eigenvalue weighted by molar-refractivity contribution is 7.80. The van der Waals surface area contributed by atoms with Gasteiger partial charge in [0.1, 0.15) is 12.4 Å². The summed E-state index contributed by atoms with van der Waals surface area (Å²) in [7, 11) is 1.74. The van der Waals surface area contributed by atoms with E-state index in [1.165, 1.54) is 5.56 Å². The minimum absolute atomic E-state index is 0.481. The molecule has 0 aromatic heterocycles. The molecule has 0 bridgehead atoms. The fourth-order valence-corrected chi connectivity index (χ4v) is 1.89. The summed E-state index contributed by atoms with van der Waals surface area (Å²) in [6.07, 6.45) is 1.70. The predicted octanol–water partition coefficient (Wildman–Crippen LogP) is 3.00. The molecule has 0 aliphatic heterocycles. The largest absolute Gasteiger partial charge is 0.489 e. The van der Waals surface area contributed by atoms with Gasteiger partial charge in [0.2, 0.25) is 0 Å². The molecule has 2 aromatic carbocycles. The predicted molar refractivity (Wildman–Crippen MR) is 94.3 cm³/mol. The van der Waals surface area contributed by atoms with Crippen molar-refractivity contribution in [3.8, 4) is 5.75 Å². The number of rotatable bonds is 5. The maximum absolute atomic E-state index is 5.77. The second-order valence-corrected chi connectivity index (χ2v) is 5.20. The highest BCUT2D eigenvalue weighted by Gasteiger charge is 1.97. The van der Waals surface area contributed by atoms with Crippen LogP contribution in [0.2, 0.25) is 0 Å². The van der Waals surface area contributed by atoms with Gasteiger partial charge in [-0.1, -0.05) is 29.8 Å². The summed E-state index contributed by atoms with van der Waals surface area (Å²) in [6.45, 7) is 2.64. The molecule has 4 nitrogen and oxygen atoms in total. The summed E-state index contributed by atoms with van der Waals surface area (Å²) < 4.78 is 5.77. The number of hydrogen-bond acceptors (Lipinski definition) is 3. The van der Waals surface area contributed by atoms with E-state index in [2.05, 4.69) is 41.0 Å². The van der Waals surface area contributed by atoms with Crippen molar-refractivity contribution < 1.29 is 4.74 Å². The maximum atomic E-state index is 5.77. The van der Waals surface area contributed by atoms with Gasteiger partial charge in [-0.3, -0.25) is 5.43 Å². The zero-order chi connectivity index (χ0) is 15.8. The van der Waals surface area contributed by atoms with Gasteiger partial charge in [0.25, 0.3) is 0 Å². The molecular formula is C17H19N3OS. The Morgan fingerprint density at radius 3 is 2.68 bits per heavy atom. The van der Waals surface area contributed by atoms with Crippen LogP contribution in [0, 0.1) is 6.92 Å². The van der Waals surface area contributed by atoms with Crippen LogP contribution in [0.5, 0.6) is 5.75 Å². The molecule has 0 aliphatic carbocycles. The van der Waals surface area contributed by atoms with Gasteiger partial charge < -0.3 is 10.1 Å². The zero-order valence-electron chi connectivity index (χ0n) is 12.7. The summed E-state index contributed by atoms with van der Waals surface area (Å²) in [6, 6.07) is 16.0. The van der Waals surface area contributed by atoms with Crippen LogP contribution in [-0.2, 0) is 6.61 Å². The molecular weight excluding hydrogens is 294 g/mol. The Balaban J connectivity index is 1.87. The van der Waals surface area contributed by atoms with Crippen molar-refractivity contribution in [1.29, 1.82) is 0 Å². The first-order chi connectivity index (χ1) is 10.7. The van der Waals surface area contributed by atoms with Crippen molar-refractivity contribution in [2.24, 2.45) is 5.10 Å². The molecule has 22 heavy (non-hydrogen) atoms. The summed E-state index contributed by atoms with van der Waals surface area (Å²) in [5.74, 6) is 0.831. The van der Waals surface area contributed by atoms with Crippen molar-refractivity contribution in [2.45, 2.75) is 13.5 Å². The van der Waals surface area contributed by atoms with Gasteiger partial charge in [0.15, 0.2) is 5.11 Å². The number of thiocarbonyl (C=S) groups is 1. The molecule has 0 heterocycles. The van der Waals surface area contributed by atoms with Gasteiger partial charge in [0, 0.05) is 7.05 Å². The Kier molecular flexibility index (Phi) is 5.91. The van der Waals surface area contributed by atoms with E-state index in [-0.39, 0.29) is 0 Å². The number of benzene rings is 2. The van der Waals surface area contributed by atoms with E-state index in [9.17, 15) is 0 Å². The van der Waals surface area contributed by atoms with Crippen LogP contribution in [0.15, 0.2) is 53.6 Å². The second-order valence-electron chi connectivity index (χ2n) is 4.80. The highest BCUT2D eigenvalue weighted by atomic mass is 32.1. The van der Waals surface area contributed by atoms with Gasteiger partial charge in [-0.05, 0) is 54.5 Å². The molecule has 114 valence electrons. The normalized spacial score (nSPS) is 10.5. The quantitative estimate of drug-likeness (QED) is 0.506. The molecule has 0 aliphatic rings. The average molecular weight is 313 g/mol. The third kappa shape index (κ3) is 5.18.